The van der Waals surface area contributed by atoms with Crippen LogP contribution in [0, 0.1) is 11.3 Å². The van der Waals surface area contributed by atoms with Crippen molar-refractivity contribution in [3.63, 3.8) is 0 Å². The molecule has 0 bridgehead atoms. The third kappa shape index (κ3) is 4.19. The van der Waals surface area contributed by atoms with Crippen LogP contribution in [0.15, 0.2) is 0 Å². The van der Waals surface area contributed by atoms with Gasteiger partial charge >= 0.3 is 0 Å². The molecule has 1 N–H and O–H groups in total. The third-order valence-electron chi connectivity index (χ3n) is 3.19. The molecule has 0 saturated carbocycles. The van der Waals surface area contributed by atoms with E-state index in [-0.39, 0.29) is 6.04 Å². The Hall–Kier alpha value is -0.590. The summed E-state index contributed by atoms with van der Waals surface area (Å²) in [6.45, 7) is 7.65. The molecule has 86 valence electrons. The zero-order valence-corrected chi connectivity index (χ0v) is 10.00. The first-order valence-electron chi connectivity index (χ1n) is 6.15. The third-order valence-corrected chi connectivity index (χ3v) is 3.19. The van der Waals surface area contributed by atoms with Crippen LogP contribution in [0.1, 0.15) is 39.5 Å². The average molecular weight is 209 g/mol. The highest BCUT2D eigenvalue weighted by Gasteiger charge is 2.20. The molecule has 2 atom stereocenters. The number of hydrogen-bond acceptors (Lipinski definition) is 3. The Balaban J connectivity index is 2.19. The lowest BCUT2D eigenvalue weighted by molar-refractivity contribution is 0.258. The average Bonchev–Trinajstić information content (AvgIpc) is 2.65. The maximum absolute atomic E-state index is 8.96. The molecule has 0 spiro atoms. The van der Waals surface area contributed by atoms with Gasteiger partial charge in [0.1, 0.15) is 0 Å². The first-order valence-corrected chi connectivity index (χ1v) is 6.15. The quantitative estimate of drug-likeness (QED) is 0.724. The van der Waals surface area contributed by atoms with Gasteiger partial charge in [0.25, 0.3) is 0 Å². The Bertz CT molecular complexity index is 209. The van der Waals surface area contributed by atoms with E-state index in [9.17, 15) is 0 Å². The molecule has 3 nitrogen and oxygen atoms in total. The van der Waals surface area contributed by atoms with Crippen molar-refractivity contribution in [3.8, 4) is 6.07 Å². The van der Waals surface area contributed by atoms with E-state index >= 15 is 0 Å². The van der Waals surface area contributed by atoms with Crippen LogP contribution in [0.3, 0.4) is 0 Å². The van der Waals surface area contributed by atoms with Crippen molar-refractivity contribution in [1.29, 1.82) is 5.26 Å². The zero-order valence-electron chi connectivity index (χ0n) is 10.00. The molecule has 3 heteroatoms. The van der Waals surface area contributed by atoms with Gasteiger partial charge in [0.15, 0.2) is 0 Å². The molecule has 0 radical (unpaired) electrons. The molecule has 0 aromatic heterocycles. The SMILES string of the molecule is CCCNC(C#N)CCN1CCCC1C. The van der Waals surface area contributed by atoms with Crippen molar-refractivity contribution in [1.82, 2.24) is 10.2 Å². The monoisotopic (exact) mass is 209 g/mol. The maximum Gasteiger partial charge on any atom is 0.0965 e. The molecule has 0 aromatic rings. The molecule has 0 amide bonds. The van der Waals surface area contributed by atoms with Crippen molar-refractivity contribution < 1.29 is 0 Å². The fraction of sp³-hybridized carbons (Fsp3) is 0.917. The predicted octanol–water partition coefficient (Wildman–Crippen LogP) is 1.75. The maximum atomic E-state index is 8.96. The summed E-state index contributed by atoms with van der Waals surface area (Å²) in [6.07, 6.45) is 4.69. The van der Waals surface area contributed by atoms with Gasteiger partial charge in [0, 0.05) is 12.6 Å². The van der Waals surface area contributed by atoms with Gasteiger partial charge in [-0.15, -0.1) is 0 Å². The normalized spacial score (nSPS) is 23.9. The summed E-state index contributed by atoms with van der Waals surface area (Å²) in [7, 11) is 0. The van der Waals surface area contributed by atoms with Gasteiger partial charge < -0.3 is 10.2 Å². The minimum atomic E-state index is 0.0396. The van der Waals surface area contributed by atoms with Gasteiger partial charge in [-0.25, -0.2) is 0 Å². The molecule has 0 aliphatic carbocycles. The van der Waals surface area contributed by atoms with Gasteiger partial charge in [0.05, 0.1) is 12.1 Å². The Morgan fingerprint density at radius 3 is 2.93 bits per heavy atom. The van der Waals surface area contributed by atoms with E-state index in [4.69, 9.17) is 5.26 Å². The molecule has 1 fully saturated rings. The van der Waals surface area contributed by atoms with Gasteiger partial charge in [-0.05, 0) is 45.7 Å². The molecule has 1 aliphatic heterocycles. The molecule has 15 heavy (non-hydrogen) atoms. The smallest absolute Gasteiger partial charge is 0.0965 e. The highest BCUT2D eigenvalue weighted by Crippen LogP contribution is 2.16. The van der Waals surface area contributed by atoms with Crippen LogP contribution in [0.25, 0.3) is 0 Å². The van der Waals surface area contributed by atoms with Crippen molar-refractivity contribution >= 4 is 0 Å². The second-order valence-corrected chi connectivity index (χ2v) is 4.45. The van der Waals surface area contributed by atoms with Crippen LogP contribution in [-0.2, 0) is 0 Å². The van der Waals surface area contributed by atoms with Crippen LogP contribution in [-0.4, -0.2) is 36.6 Å². The van der Waals surface area contributed by atoms with Gasteiger partial charge in [-0.2, -0.15) is 5.26 Å². The number of nitriles is 1. The van der Waals surface area contributed by atoms with Crippen molar-refractivity contribution in [3.05, 3.63) is 0 Å². The molecule has 0 aromatic carbocycles. The highest BCUT2D eigenvalue weighted by molar-refractivity contribution is 4.90. The first kappa shape index (κ1) is 12.5. The van der Waals surface area contributed by atoms with Crippen molar-refractivity contribution in [2.75, 3.05) is 19.6 Å². The Labute approximate surface area is 93.5 Å². The van der Waals surface area contributed by atoms with E-state index in [1.807, 2.05) is 0 Å². The number of nitrogens with zero attached hydrogens (tertiary/aromatic N) is 2. The topological polar surface area (TPSA) is 39.1 Å². The molecular weight excluding hydrogens is 186 g/mol. The number of hydrogen-bond donors (Lipinski definition) is 1. The Kier molecular flexibility index (Phi) is 5.67. The van der Waals surface area contributed by atoms with E-state index in [2.05, 4.69) is 30.1 Å². The molecule has 1 heterocycles. The summed E-state index contributed by atoms with van der Waals surface area (Å²) in [5.41, 5.74) is 0. The minimum absolute atomic E-state index is 0.0396. The largest absolute Gasteiger partial charge is 0.302 e. The second kappa shape index (κ2) is 6.81. The van der Waals surface area contributed by atoms with Crippen molar-refractivity contribution in [2.45, 2.75) is 51.6 Å². The molecule has 1 aliphatic rings. The lowest BCUT2D eigenvalue weighted by atomic mass is 10.2. The predicted molar refractivity (Wildman–Crippen MR) is 62.6 cm³/mol. The molecule has 2 unspecified atom stereocenters. The molecular formula is C12H23N3. The second-order valence-electron chi connectivity index (χ2n) is 4.45. The van der Waals surface area contributed by atoms with Crippen LogP contribution in [0.4, 0.5) is 0 Å². The van der Waals surface area contributed by atoms with Crippen LogP contribution >= 0.6 is 0 Å². The number of likely N-dealkylation sites (tertiary alicyclic amines) is 1. The van der Waals surface area contributed by atoms with Gasteiger partial charge in [-0.3, -0.25) is 0 Å². The lowest BCUT2D eigenvalue weighted by Gasteiger charge is -2.22. The minimum Gasteiger partial charge on any atom is -0.302 e. The number of rotatable bonds is 6. The summed E-state index contributed by atoms with van der Waals surface area (Å²) in [5.74, 6) is 0. The molecule has 1 rings (SSSR count). The fourth-order valence-corrected chi connectivity index (χ4v) is 2.15. The van der Waals surface area contributed by atoms with E-state index in [1.165, 1.54) is 19.4 Å². The number of nitrogens with one attached hydrogen (secondary N) is 1. The lowest BCUT2D eigenvalue weighted by Crippen LogP contribution is -2.35. The van der Waals surface area contributed by atoms with Crippen LogP contribution < -0.4 is 5.32 Å². The van der Waals surface area contributed by atoms with E-state index in [0.717, 1.165) is 32.0 Å². The van der Waals surface area contributed by atoms with Crippen LogP contribution in [0.2, 0.25) is 0 Å². The Morgan fingerprint density at radius 2 is 2.40 bits per heavy atom. The summed E-state index contributed by atoms with van der Waals surface area (Å²) in [5, 5.41) is 12.2. The van der Waals surface area contributed by atoms with Crippen LogP contribution in [0.5, 0.6) is 0 Å². The molecule has 1 saturated heterocycles. The Morgan fingerprint density at radius 1 is 1.60 bits per heavy atom. The first-order chi connectivity index (χ1) is 7.27. The van der Waals surface area contributed by atoms with Gasteiger partial charge in [0.2, 0.25) is 0 Å². The van der Waals surface area contributed by atoms with E-state index in [1.54, 1.807) is 0 Å². The summed E-state index contributed by atoms with van der Waals surface area (Å²) in [6, 6.07) is 3.10. The van der Waals surface area contributed by atoms with E-state index in [0.29, 0.717) is 0 Å². The van der Waals surface area contributed by atoms with Gasteiger partial charge in [-0.1, -0.05) is 6.92 Å². The standard InChI is InChI=1S/C12H23N3/c1-3-7-14-12(10-13)6-9-15-8-4-5-11(15)2/h11-12,14H,3-9H2,1-2H3. The fourth-order valence-electron chi connectivity index (χ4n) is 2.15. The summed E-state index contributed by atoms with van der Waals surface area (Å²) in [4.78, 5) is 2.50. The van der Waals surface area contributed by atoms with E-state index < -0.39 is 0 Å². The summed E-state index contributed by atoms with van der Waals surface area (Å²) < 4.78 is 0. The van der Waals surface area contributed by atoms with Crippen molar-refractivity contribution in [2.24, 2.45) is 0 Å². The summed E-state index contributed by atoms with van der Waals surface area (Å²) >= 11 is 0. The zero-order chi connectivity index (χ0) is 11.1. The highest BCUT2D eigenvalue weighted by atomic mass is 15.2.